The van der Waals surface area contributed by atoms with Crippen LogP contribution >= 0.6 is 11.6 Å². The molecule has 0 aromatic heterocycles. The maximum atomic E-state index is 13.2. The van der Waals surface area contributed by atoms with Crippen molar-refractivity contribution in [1.82, 2.24) is 0 Å². The number of para-hydroxylation sites is 2. The summed E-state index contributed by atoms with van der Waals surface area (Å²) >= 11 is 5.91. The van der Waals surface area contributed by atoms with Crippen molar-refractivity contribution in [3.05, 3.63) is 89.2 Å². The van der Waals surface area contributed by atoms with E-state index in [2.05, 4.69) is 15.1 Å². The molecule has 0 unspecified atom stereocenters. The lowest BCUT2D eigenvalue weighted by molar-refractivity contribution is 0.102. The second-order valence-corrected chi connectivity index (χ2v) is 7.37. The molecule has 1 aliphatic heterocycles. The van der Waals surface area contributed by atoms with Gasteiger partial charge in [-0.05, 0) is 60.7 Å². The maximum absolute atomic E-state index is 13.2. The van der Waals surface area contributed by atoms with E-state index >= 15 is 0 Å². The first-order chi connectivity index (χ1) is 14.1. The van der Waals surface area contributed by atoms with E-state index in [0.717, 1.165) is 43.2 Å². The number of nitrogens with zero attached hydrogens (tertiary/aromatic N) is 2. The van der Waals surface area contributed by atoms with Crippen LogP contribution in [0.1, 0.15) is 10.4 Å². The minimum absolute atomic E-state index is 0.168. The smallest absolute Gasteiger partial charge is 0.255 e. The summed E-state index contributed by atoms with van der Waals surface area (Å²) < 4.78 is 13.2. The van der Waals surface area contributed by atoms with Gasteiger partial charge in [0.05, 0.1) is 11.4 Å². The molecular formula is C23H21ClFN3O. The van der Waals surface area contributed by atoms with Crippen molar-refractivity contribution in [3.63, 3.8) is 0 Å². The van der Waals surface area contributed by atoms with Crippen LogP contribution in [0.3, 0.4) is 0 Å². The molecule has 0 spiro atoms. The molecule has 148 valence electrons. The molecular weight excluding hydrogens is 389 g/mol. The fourth-order valence-electron chi connectivity index (χ4n) is 3.51. The Kier molecular flexibility index (Phi) is 5.67. The van der Waals surface area contributed by atoms with E-state index in [1.165, 1.54) is 12.1 Å². The number of hydrogen-bond donors (Lipinski definition) is 1. The van der Waals surface area contributed by atoms with Crippen molar-refractivity contribution in [2.45, 2.75) is 0 Å². The van der Waals surface area contributed by atoms with Crippen LogP contribution in [0.25, 0.3) is 0 Å². The highest BCUT2D eigenvalue weighted by atomic mass is 35.5. The highest BCUT2D eigenvalue weighted by Gasteiger charge is 2.20. The van der Waals surface area contributed by atoms with Gasteiger partial charge in [-0.1, -0.05) is 23.7 Å². The molecule has 0 bridgehead atoms. The summed E-state index contributed by atoms with van der Waals surface area (Å²) in [6, 6.07) is 21.2. The predicted molar refractivity (Wildman–Crippen MR) is 117 cm³/mol. The average molecular weight is 410 g/mol. The predicted octanol–water partition coefficient (Wildman–Crippen LogP) is 5.06. The van der Waals surface area contributed by atoms with Gasteiger partial charge in [0.25, 0.3) is 5.91 Å². The van der Waals surface area contributed by atoms with E-state index in [9.17, 15) is 9.18 Å². The van der Waals surface area contributed by atoms with Crippen LogP contribution in [-0.2, 0) is 0 Å². The van der Waals surface area contributed by atoms with E-state index < -0.39 is 0 Å². The summed E-state index contributed by atoms with van der Waals surface area (Å²) in [5, 5.41) is 3.61. The molecule has 4 nitrogen and oxygen atoms in total. The largest absolute Gasteiger partial charge is 0.368 e. The van der Waals surface area contributed by atoms with Gasteiger partial charge in [0.1, 0.15) is 5.82 Å². The number of anilines is 3. The zero-order valence-electron chi connectivity index (χ0n) is 15.8. The number of hydrogen-bond acceptors (Lipinski definition) is 3. The first-order valence-electron chi connectivity index (χ1n) is 9.51. The molecule has 0 atom stereocenters. The van der Waals surface area contributed by atoms with Gasteiger partial charge in [0.2, 0.25) is 0 Å². The maximum Gasteiger partial charge on any atom is 0.255 e. The van der Waals surface area contributed by atoms with E-state index in [-0.39, 0.29) is 11.7 Å². The van der Waals surface area contributed by atoms with E-state index in [4.69, 9.17) is 11.6 Å². The zero-order valence-corrected chi connectivity index (χ0v) is 16.6. The highest BCUT2D eigenvalue weighted by molar-refractivity contribution is 6.30. The number of amides is 1. The van der Waals surface area contributed by atoms with E-state index in [1.807, 2.05) is 36.4 Å². The minimum Gasteiger partial charge on any atom is -0.368 e. The fraction of sp³-hybridized carbons (Fsp3) is 0.174. The Morgan fingerprint density at radius 1 is 0.828 bits per heavy atom. The first kappa shape index (κ1) is 19.3. The van der Waals surface area contributed by atoms with Crippen molar-refractivity contribution in [2.24, 2.45) is 0 Å². The quantitative estimate of drug-likeness (QED) is 0.654. The molecule has 0 saturated carbocycles. The number of carbonyl (C=O) groups excluding carboxylic acids is 1. The Labute approximate surface area is 174 Å². The Morgan fingerprint density at radius 3 is 2.14 bits per heavy atom. The van der Waals surface area contributed by atoms with Gasteiger partial charge in [-0.3, -0.25) is 4.79 Å². The van der Waals surface area contributed by atoms with Gasteiger partial charge in [0, 0.05) is 42.5 Å². The topological polar surface area (TPSA) is 35.6 Å². The summed E-state index contributed by atoms with van der Waals surface area (Å²) in [7, 11) is 0. The third kappa shape index (κ3) is 4.51. The van der Waals surface area contributed by atoms with Crippen LogP contribution in [-0.4, -0.2) is 32.1 Å². The third-order valence-corrected chi connectivity index (χ3v) is 5.32. The molecule has 1 fully saturated rings. The molecule has 6 heteroatoms. The molecule has 4 rings (SSSR count). The standard InChI is InChI=1S/C23H21ClFN3O/c24-18-7-5-17(6-8-18)23(29)26-21-3-1-2-4-22(21)28-15-13-27(14-16-28)20-11-9-19(25)10-12-20/h1-12H,13-16H2,(H,26,29). The van der Waals surface area contributed by atoms with Gasteiger partial charge in [-0.15, -0.1) is 0 Å². The second-order valence-electron chi connectivity index (χ2n) is 6.93. The van der Waals surface area contributed by atoms with Gasteiger partial charge < -0.3 is 15.1 Å². The van der Waals surface area contributed by atoms with Gasteiger partial charge in [0.15, 0.2) is 0 Å². The Bertz CT molecular complexity index is 984. The molecule has 1 saturated heterocycles. The summed E-state index contributed by atoms with van der Waals surface area (Å²) in [5.74, 6) is -0.392. The van der Waals surface area contributed by atoms with Crippen molar-refractivity contribution < 1.29 is 9.18 Å². The monoisotopic (exact) mass is 409 g/mol. The number of carbonyl (C=O) groups is 1. The first-order valence-corrected chi connectivity index (χ1v) is 9.89. The van der Waals surface area contributed by atoms with Crippen LogP contribution in [0.5, 0.6) is 0 Å². The SMILES string of the molecule is O=C(Nc1ccccc1N1CCN(c2ccc(F)cc2)CC1)c1ccc(Cl)cc1. The Balaban J connectivity index is 1.45. The van der Waals surface area contributed by atoms with Crippen molar-refractivity contribution in [1.29, 1.82) is 0 Å². The molecule has 3 aromatic rings. The number of benzene rings is 3. The van der Waals surface area contributed by atoms with Crippen LogP contribution < -0.4 is 15.1 Å². The molecule has 1 heterocycles. The van der Waals surface area contributed by atoms with Crippen molar-refractivity contribution >= 4 is 34.6 Å². The number of halogens is 2. The number of rotatable bonds is 4. The zero-order chi connectivity index (χ0) is 20.2. The second kappa shape index (κ2) is 8.53. The molecule has 29 heavy (non-hydrogen) atoms. The number of piperazine rings is 1. The van der Waals surface area contributed by atoms with Crippen LogP contribution in [0.4, 0.5) is 21.5 Å². The molecule has 1 N–H and O–H groups in total. The van der Waals surface area contributed by atoms with Gasteiger partial charge >= 0.3 is 0 Å². The summed E-state index contributed by atoms with van der Waals surface area (Å²) in [4.78, 5) is 17.1. The molecule has 0 aliphatic carbocycles. The lowest BCUT2D eigenvalue weighted by Crippen LogP contribution is -2.46. The summed E-state index contributed by atoms with van der Waals surface area (Å²) in [5.41, 5.74) is 3.36. The minimum atomic E-state index is -0.224. The fourth-order valence-corrected chi connectivity index (χ4v) is 3.63. The van der Waals surface area contributed by atoms with E-state index in [1.54, 1.807) is 24.3 Å². The Hall–Kier alpha value is -3.05. The molecule has 1 amide bonds. The average Bonchev–Trinajstić information content (AvgIpc) is 2.75. The summed E-state index contributed by atoms with van der Waals surface area (Å²) in [6.07, 6.45) is 0. The molecule has 1 aliphatic rings. The molecule has 0 radical (unpaired) electrons. The summed E-state index contributed by atoms with van der Waals surface area (Å²) in [6.45, 7) is 3.27. The number of nitrogens with one attached hydrogen (secondary N) is 1. The van der Waals surface area contributed by atoms with Crippen molar-refractivity contribution in [3.8, 4) is 0 Å². The normalized spacial score (nSPS) is 14.0. The highest BCUT2D eigenvalue weighted by Crippen LogP contribution is 2.28. The molecule has 3 aromatic carbocycles. The lowest BCUT2D eigenvalue weighted by Gasteiger charge is -2.38. The van der Waals surface area contributed by atoms with Crippen molar-refractivity contribution in [2.75, 3.05) is 41.3 Å². The van der Waals surface area contributed by atoms with E-state index in [0.29, 0.717) is 10.6 Å². The van der Waals surface area contributed by atoms with Gasteiger partial charge in [-0.25, -0.2) is 4.39 Å². The Morgan fingerprint density at radius 2 is 1.45 bits per heavy atom. The third-order valence-electron chi connectivity index (χ3n) is 5.07. The van der Waals surface area contributed by atoms with Crippen LogP contribution in [0, 0.1) is 5.82 Å². The van der Waals surface area contributed by atoms with Crippen LogP contribution in [0.15, 0.2) is 72.8 Å². The van der Waals surface area contributed by atoms with Gasteiger partial charge in [-0.2, -0.15) is 0 Å². The van der Waals surface area contributed by atoms with Crippen LogP contribution in [0.2, 0.25) is 5.02 Å². The lowest BCUT2D eigenvalue weighted by atomic mass is 10.1.